The third kappa shape index (κ3) is 3.53. The summed E-state index contributed by atoms with van der Waals surface area (Å²) in [5.74, 6) is 2.20. The lowest BCUT2D eigenvalue weighted by Gasteiger charge is -2.23. The van der Waals surface area contributed by atoms with Gasteiger partial charge in [-0.15, -0.1) is 28.1 Å². The van der Waals surface area contributed by atoms with E-state index in [0.717, 1.165) is 30.4 Å². The maximum Gasteiger partial charge on any atom is 0.233 e. The summed E-state index contributed by atoms with van der Waals surface area (Å²) in [6.45, 7) is 5.40. The van der Waals surface area contributed by atoms with Crippen LogP contribution in [0.5, 0.6) is 0 Å². The van der Waals surface area contributed by atoms with E-state index in [4.69, 9.17) is 0 Å². The maximum absolute atomic E-state index is 12.8. The summed E-state index contributed by atoms with van der Waals surface area (Å²) >= 11 is 3.24. The summed E-state index contributed by atoms with van der Waals surface area (Å²) in [5.41, 5.74) is 0. The Kier molecular flexibility index (Phi) is 4.94. The Hall–Kier alpha value is -1.60. The number of thioether (sulfide) groups is 1. The molecule has 0 radical (unpaired) electrons. The second kappa shape index (κ2) is 7.33. The lowest BCUT2D eigenvalue weighted by Crippen LogP contribution is -2.31. The molecule has 4 rings (SSSR count). The average molecular weight is 375 g/mol. The highest BCUT2D eigenvalue weighted by Crippen LogP contribution is 2.40. The molecule has 1 atom stereocenters. The minimum Gasteiger partial charge on any atom is -0.334 e. The van der Waals surface area contributed by atoms with Crippen molar-refractivity contribution >= 4 is 29.0 Å². The van der Waals surface area contributed by atoms with E-state index in [2.05, 4.69) is 38.9 Å². The normalized spacial score (nSPS) is 20.2. The number of hydrogen-bond acceptors (Lipinski definition) is 5. The van der Waals surface area contributed by atoms with Gasteiger partial charge in [-0.3, -0.25) is 4.79 Å². The zero-order chi connectivity index (χ0) is 17.2. The molecule has 2 aromatic heterocycles. The molecular weight excluding hydrogens is 352 g/mol. The number of likely N-dealkylation sites (tertiary alicyclic amines) is 1. The molecule has 1 saturated carbocycles. The average Bonchev–Trinajstić information content (AvgIpc) is 3.06. The SMILES string of the molecule is C=CCn1c(SCC(=O)N2CCC[C@@H]2c2cccs2)nnc1C1CC1. The molecule has 0 aromatic carbocycles. The Bertz CT molecular complexity index is 751. The van der Waals surface area contributed by atoms with Crippen LogP contribution in [0, 0.1) is 0 Å². The van der Waals surface area contributed by atoms with Crippen LogP contribution in [-0.4, -0.2) is 37.9 Å². The standard InChI is InChI=1S/C18H22N4OS2/c1-2-9-22-17(13-7-8-13)19-20-18(22)25-12-16(23)21-10-3-5-14(21)15-6-4-11-24-15/h2,4,6,11,13-14H,1,3,5,7-10,12H2/t14-/m1/s1. The lowest BCUT2D eigenvalue weighted by molar-refractivity contribution is -0.129. The molecule has 5 nitrogen and oxygen atoms in total. The third-order valence-electron chi connectivity index (χ3n) is 4.77. The van der Waals surface area contributed by atoms with E-state index in [1.165, 1.54) is 29.5 Å². The van der Waals surface area contributed by atoms with Crippen molar-refractivity contribution in [3.63, 3.8) is 0 Å². The van der Waals surface area contributed by atoms with Gasteiger partial charge in [0.15, 0.2) is 5.16 Å². The van der Waals surface area contributed by atoms with Crippen molar-refractivity contribution in [2.24, 2.45) is 0 Å². The van der Waals surface area contributed by atoms with Gasteiger partial charge in [0.1, 0.15) is 5.82 Å². The second-order valence-electron chi connectivity index (χ2n) is 6.56. The summed E-state index contributed by atoms with van der Waals surface area (Å²) < 4.78 is 2.11. The van der Waals surface area contributed by atoms with Crippen molar-refractivity contribution in [2.45, 2.75) is 49.3 Å². The van der Waals surface area contributed by atoms with Crippen LogP contribution in [0.15, 0.2) is 35.3 Å². The van der Waals surface area contributed by atoms with Gasteiger partial charge in [-0.25, -0.2) is 0 Å². The second-order valence-corrected chi connectivity index (χ2v) is 8.49. The largest absolute Gasteiger partial charge is 0.334 e. The molecule has 1 aliphatic heterocycles. The summed E-state index contributed by atoms with van der Waals surface area (Å²) in [7, 11) is 0. The fraction of sp³-hybridized carbons (Fsp3) is 0.500. The van der Waals surface area contributed by atoms with Crippen molar-refractivity contribution in [1.29, 1.82) is 0 Å². The molecule has 3 heterocycles. The van der Waals surface area contributed by atoms with Crippen LogP contribution in [0.3, 0.4) is 0 Å². The van der Waals surface area contributed by atoms with E-state index < -0.39 is 0 Å². The third-order valence-corrected chi connectivity index (χ3v) is 6.69. The predicted molar refractivity (Wildman–Crippen MR) is 101 cm³/mol. The topological polar surface area (TPSA) is 51.0 Å². The van der Waals surface area contributed by atoms with Crippen LogP contribution >= 0.6 is 23.1 Å². The molecule has 1 aliphatic carbocycles. The van der Waals surface area contributed by atoms with Gasteiger partial charge in [-0.1, -0.05) is 23.9 Å². The van der Waals surface area contributed by atoms with Gasteiger partial charge in [0.25, 0.3) is 0 Å². The first kappa shape index (κ1) is 16.8. The van der Waals surface area contributed by atoms with Crippen molar-refractivity contribution in [1.82, 2.24) is 19.7 Å². The maximum atomic E-state index is 12.8. The number of thiophene rings is 1. The number of allylic oxidation sites excluding steroid dienone is 1. The van der Waals surface area contributed by atoms with Crippen molar-refractivity contribution in [3.8, 4) is 0 Å². The highest BCUT2D eigenvalue weighted by molar-refractivity contribution is 7.99. The molecule has 0 N–H and O–H groups in total. The van der Waals surface area contributed by atoms with E-state index in [-0.39, 0.29) is 11.9 Å². The van der Waals surface area contributed by atoms with Gasteiger partial charge in [-0.05, 0) is 37.1 Å². The van der Waals surface area contributed by atoms with Crippen LogP contribution in [-0.2, 0) is 11.3 Å². The van der Waals surface area contributed by atoms with Gasteiger partial charge >= 0.3 is 0 Å². The first-order valence-corrected chi connectivity index (χ1v) is 10.6. The molecule has 7 heteroatoms. The smallest absolute Gasteiger partial charge is 0.233 e. The lowest BCUT2D eigenvalue weighted by atomic mass is 10.2. The van der Waals surface area contributed by atoms with Crippen LogP contribution < -0.4 is 0 Å². The van der Waals surface area contributed by atoms with E-state index in [0.29, 0.717) is 18.2 Å². The van der Waals surface area contributed by atoms with Gasteiger partial charge in [-0.2, -0.15) is 0 Å². The van der Waals surface area contributed by atoms with Gasteiger partial charge in [0, 0.05) is 23.9 Å². The van der Waals surface area contributed by atoms with Gasteiger partial charge < -0.3 is 9.47 Å². The van der Waals surface area contributed by atoms with Gasteiger partial charge in [0.05, 0.1) is 11.8 Å². The first-order valence-electron chi connectivity index (χ1n) is 8.77. The minimum atomic E-state index is 0.196. The quantitative estimate of drug-likeness (QED) is 0.545. The number of aromatic nitrogens is 3. The first-order chi connectivity index (χ1) is 12.3. The zero-order valence-electron chi connectivity index (χ0n) is 14.1. The molecule has 0 spiro atoms. The van der Waals surface area contributed by atoms with Crippen molar-refractivity contribution < 1.29 is 4.79 Å². The Balaban J connectivity index is 1.42. The molecule has 132 valence electrons. The molecule has 1 saturated heterocycles. The summed E-state index contributed by atoms with van der Waals surface area (Å²) in [6, 6.07) is 4.45. The predicted octanol–water partition coefficient (Wildman–Crippen LogP) is 3.86. The fourth-order valence-electron chi connectivity index (χ4n) is 3.40. The van der Waals surface area contributed by atoms with E-state index in [1.54, 1.807) is 11.3 Å². The van der Waals surface area contributed by atoms with Crippen molar-refractivity contribution in [2.75, 3.05) is 12.3 Å². The molecule has 1 amide bonds. The molecule has 0 bridgehead atoms. The molecule has 2 fully saturated rings. The molecular formula is C18H22N4OS2. The van der Waals surface area contributed by atoms with Gasteiger partial charge in [0.2, 0.25) is 5.91 Å². The Morgan fingerprint density at radius 3 is 3.00 bits per heavy atom. The van der Waals surface area contributed by atoms with Crippen LogP contribution in [0.2, 0.25) is 0 Å². The summed E-state index contributed by atoms with van der Waals surface area (Å²) in [6.07, 6.45) is 6.39. The van der Waals surface area contributed by atoms with E-state index >= 15 is 0 Å². The number of amides is 1. The van der Waals surface area contributed by atoms with E-state index in [1.807, 2.05) is 11.0 Å². The fourth-order valence-corrected chi connectivity index (χ4v) is 5.12. The van der Waals surface area contributed by atoms with Crippen molar-refractivity contribution in [3.05, 3.63) is 40.9 Å². The number of nitrogens with zero attached hydrogens (tertiary/aromatic N) is 4. The monoisotopic (exact) mass is 374 g/mol. The number of carbonyl (C=O) groups excluding carboxylic acids is 1. The molecule has 25 heavy (non-hydrogen) atoms. The number of hydrogen-bond donors (Lipinski definition) is 0. The highest BCUT2D eigenvalue weighted by atomic mass is 32.2. The number of carbonyl (C=O) groups is 1. The summed E-state index contributed by atoms with van der Waals surface area (Å²) in [5, 5.41) is 11.6. The molecule has 2 aliphatic rings. The van der Waals surface area contributed by atoms with Crippen LogP contribution in [0.4, 0.5) is 0 Å². The number of rotatable bonds is 7. The molecule has 2 aromatic rings. The van der Waals surface area contributed by atoms with Crippen LogP contribution in [0.25, 0.3) is 0 Å². The molecule has 0 unspecified atom stereocenters. The van der Waals surface area contributed by atoms with E-state index in [9.17, 15) is 4.79 Å². The Morgan fingerprint density at radius 2 is 2.28 bits per heavy atom. The Morgan fingerprint density at radius 1 is 1.40 bits per heavy atom. The zero-order valence-corrected chi connectivity index (χ0v) is 15.8. The Labute approximate surface area is 156 Å². The van der Waals surface area contributed by atoms with Crippen LogP contribution in [0.1, 0.15) is 48.3 Å². The minimum absolute atomic E-state index is 0.196. The summed E-state index contributed by atoms with van der Waals surface area (Å²) in [4.78, 5) is 16.1. The highest BCUT2D eigenvalue weighted by Gasteiger charge is 2.32.